The Labute approximate surface area is 206 Å². The zero-order chi connectivity index (χ0) is 23.3. The van der Waals surface area contributed by atoms with E-state index in [1.165, 1.54) is 34.1 Å². The van der Waals surface area contributed by atoms with Crippen LogP contribution in [0.25, 0.3) is 11.6 Å². The minimum Gasteiger partial charge on any atom is -0.326 e. The van der Waals surface area contributed by atoms with Crippen molar-refractivity contribution in [3.8, 4) is 0 Å². The Morgan fingerprint density at radius 2 is 1.65 bits per heavy atom. The van der Waals surface area contributed by atoms with Crippen LogP contribution in [-0.4, -0.2) is 30.4 Å². The molecule has 0 spiro atoms. The number of hydrogen-bond donors (Lipinski definition) is 1. The third-order valence-corrected chi connectivity index (χ3v) is 7.67. The van der Waals surface area contributed by atoms with E-state index in [9.17, 15) is 4.79 Å². The van der Waals surface area contributed by atoms with Gasteiger partial charge < -0.3 is 5.32 Å². The number of amides is 1. The van der Waals surface area contributed by atoms with Crippen LogP contribution in [0.5, 0.6) is 0 Å². The molecule has 0 atom stereocenters. The van der Waals surface area contributed by atoms with Crippen molar-refractivity contribution in [2.75, 3.05) is 25.0 Å². The number of nitrogens with one attached hydrogen (secondary N) is 1. The van der Waals surface area contributed by atoms with Gasteiger partial charge in [-0.25, -0.2) is 0 Å². The first kappa shape index (κ1) is 22.7. The number of nitrogens with zero attached hydrogens (tertiary/aromatic N) is 1. The van der Waals surface area contributed by atoms with E-state index in [0.29, 0.717) is 0 Å². The average molecular weight is 467 g/mol. The number of anilines is 1. The summed E-state index contributed by atoms with van der Waals surface area (Å²) in [5, 5.41) is 2.81. The molecule has 34 heavy (non-hydrogen) atoms. The van der Waals surface area contributed by atoms with Crippen molar-refractivity contribution in [1.29, 1.82) is 0 Å². The quantitative estimate of drug-likeness (QED) is 0.456. The van der Waals surface area contributed by atoms with E-state index < -0.39 is 0 Å². The van der Waals surface area contributed by atoms with Gasteiger partial charge >= 0.3 is 0 Å². The Morgan fingerprint density at radius 3 is 2.41 bits per heavy atom. The molecule has 0 unspecified atom stereocenters. The summed E-state index contributed by atoms with van der Waals surface area (Å²) in [5.41, 5.74) is 9.33. The minimum atomic E-state index is -0.0442. The first-order valence-corrected chi connectivity index (χ1v) is 12.9. The summed E-state index contributed by atoms with van der Waals surface area (Å²) in [6.07, 6.45) is 6.64. The van der Waals surface area contributed by atoms with Crippen LogP contribution in [0, 0.1) is 0 Å². The molecular weight excluding hydrogens is 436 g/mol. The standard InChI is InChI=1S/C30H30N2OS/c1-22(33)31-26-14-12-23(13-15-26)7-6-18-32-19-16-24(17-20-32)30-27-9-3-2-8-25(27)21-34-29-11-5-4-10-28(29)30/h2-15H,16-21H2,1H3,(H,31,33). The molecule has 4 heteroatoms. The lowest BCUT2D eigenvalue weighted by atomic mass is 9.86. The molecule has 0 aliphatic carbocycles. The lowest BCUT2D eigenvalue weighted by Crippen LogP contribution is -2.31. The number of rotatable bonds is 4. The van der Waals surface area contributed by atoms with Crippen molar-refractivity contribution >= 4 is 35.0 Å². The SMILES string of the molecule is CC(=O)Nc1ccc(C=CCN2CCC(=C3c4ccccc4CSc4ccccc43)CC2)cc1. The Kier molecular flexibility index (Phi) is 6.98. The van der Waals surface area contributed by atoms with Gasteiger partial charge in [-0.1, -0.05) is 72.3 Å². The van der Waals surface area contributed by atoms with E-state index in [-0.39, 0.29) is 5.91 Å². The Balaban J connectivity index is 1.28. The highest BCUT2D eigenvalue weighted by atomic mass is 32.2. The largest absolute Gasteiger partial charge is 0.326 e. The molecule has 0 aromatic heterocycles. The van der Waals surface area contributed by atoms with E-state index in [2.05, 4.69) is 70.9 Å². The Bertz CT molecular complexity index is 1180. The van der Waals surface area contributed by atoms with E-state index in [4.69, 9.17) is 0 Å². The van der Waals surface area contributed by atoms with Crippen molar-refractivity contribution in [3.63, 3.8) is 0 Å². The van der Waals surface area contributed by atoms with Crippen molar-refractivity contribution in [2.24, 2.45) is 0 Å². The van der Waals surface area contributed by atoms with Gasteiger partial charge in [-0.2, -0.15) is 0 Å². The predicted molar refractivity (Wildman–Crippen MR) is 144 cm³/mol. The van der Waals surface area contributed by atoms with Gasteiger partial charge in [0.25, 0.3) is 0 Å². The van der Waals surface area contributed by atoms with E-state index in [0.717, 1.165) is 49.5 Å². The van der Waals surface area contributed by atoms with Crippen LogP contribution in [-0.2, 0) is 10.5 Å². The highest BCUT2D eigenvalue weighted by molar-refractivity contribution is 7.98. The third-order valence-electron chi connectivity index (χ3n) is 6.54. The van der Waals surface area contributed by atoms with Crippen molar-refractivity contribution in [2.45, 2.75) is 30.4 Å². The van der Waals surface area contributed by atoms with Gasteiger partial charge in [-0.3, -0.25) is 9.69 Å². The molecule has 3 nitrogen and oxygen atoms in total. The molecule has 0 radical (unpaired) electrons. The van der Waals surface area contributed by atoms with E-state index >= 15 is 0 Å². The lowest BCUT2D eigenvalue weighted by Gasteiger charge is -2.29. The normalized spacial score (nSPS) is 16.1. The highest BCUT2D eigenvalue weighted by Gasteiger charge is 2.23. The average Bonchev–Trinajstić information content (AvgIpc) is 3.02. The topological polar surface area (TPSA) is 32.3 Å². The summed E-state index contributed by atoms with van der Waals surface area (Å²) in [6.45, 7) is 4.66. The fraction of sp³-hybridized carbons (Fsp3) is 0.233. The molecule has 2 aliphatic heterocycles. The second-order valence-corrected chi connectivity index (χ2v) is 9.94. The summed E-state index contributed by atoms with van der Waals surface area (Å²) >= 11 is 1.96. The van der Waals surface area contributed by atoms with Crippen LogP contribution >= 0.6 is 11.8 Å². The molecule has 1 fully saturated rings. The van der Waals surface area contributed by atoms with Crippen LogP contribution in [0.4, 0.5) is 5.69 Å². The highest BCUT2D eigenvalue weighted by Crippen LogP contribution is 2.43. The number of hydrogen-bond acceptors (Lipinski definition) is 3. The lowest BCUT2D eigenvalue weighted by molar-refractivity contribution is -0.114. The van der Waals surface area contributed by atoms with Crippen LogP contribution in [0.1, 0.15) is 42.0 Å². The molecule has 1 amide bonds. The second kappa shape index (κ2) is 10.5. The van der Waals surface area contributed by atoms with Gasteiger partial charge in [0.05, 0.1) is 0 Å². The van der Waals surface area contributed by atoms with Crippen molar-refractivity contribution in [1.82, 2.24) is 4.90 Å². The maximum Gasteiger partial charge on any atom is 0.221 e. The zero-order valence-corrected chi connectivity index (χ0v) is 20.4. The number of fused-ring (bicyclic) bond motifs is 2. The van der Waals surface area contributed by atoms with E-state index in [1.807, 2.05) is 36.0 Å². The Hall–Kier alpha value is -3.08. The molecule has 2 aliphatic rings. The fourth-order valence-electron chi connectivity index (χ4n) is 4.84. The molecule has 3 aromatic rings. The van der Waals surface area contributed by atoms with Crippen LogP contribution in [0.3, 0.4) is 0 Å². The van der Waals surface area contributed by atoms with Gasteiger partial charge in [0.15, 0.2) is 0 Å². The predicted octanol–water partition coefficient (Wildman–Crippen LogP) is 6.86. The van der Waals surface area contributed by atoms with Crippen LogP contribution < -0.4 is 5.32 Å². The van der Waals surface area contributed by atoms with Gasteiger partial charge in [0.2, 0.25) is 5.91 Å². The molecule has 2 heterocycles. The molecule has 1 N–H and O–H groups in total. The third kappa shape index (κ3) is 5.19. The van der Waals surface area contributed by atoms with E-state index in [1.54, 1.807) is 5.57 Å². The van der Waals surface area contributed by atoms with Gasteiger partial charge in [0.1, 0.15) is 0 Å². The number of thioether (sulfide) groups is 1. The number of likely N-dealkylation sites (tertiary alicyclic amines) is 1. The summed E-state index contributed by atoms with van der Waals surface area (Å²) in [7, 11) is 0. The molecule has 0 bridgehead atoms. The first-order valence-electron chi connectivity index (χ1n) is 12.0. The summed E-state index contributed by atoms with van der Waals surface area (Å²) in [4.78, 5) is 15.1. The molecule has 3 aromatic carbocycles. The zero-order valence-electron chi connectivity index (χ0n) is 19.6. The van der Waals surface area contributed by atoms with Gasteiger partial charge in [-0.15, -0.1) is 11.8 Å². The smallest absolute Gasteiger partial charge is 0.221 e. The number of benzene rings is 3. The molecule has 0 saturated carbocycles. The maximum atomic E-state index is 11.2. The molecule has 172 valence electrons. The number of piperidine rings is 1. The number of carbonyl (C=O) groups is 1. The minimum absolute atomic E-state index is 0.0442. The van der Waals surface area contributed by atoms with Gasteiger partial charge in [0, 0.05) is 42.9 Å². The summed E-state index contributed by atoms with van der Waals surface area (Å²) in [5.74, 6) is 0.990. The molecule has 1 saturated heterocycles. The van der Waals surface area contributed by atoms with Crippen molar-refractivity contribution < 1.29 is 4.79 Å². The summed E-state index contributed by atoms with van der Waals surface area (Å²) < 4.78 is 0. The van der Waals surface area contributed by atoms with Crippen molar-refractivity contribution in [3.05, 3.63) is 107 Å². The Morgan fingerprint density at radius 1 is 0.941 bits per heavy atom. The van der Waals surface area contributed by atoms with Gasteiger partial charge in [-0.05, 0) is 58.9 Å². The first-order chi connectivity index (χ1) is 16.7. The second-order valence-electron chi connectivity index (χ2n) is 8.93. The fourth-order valence-corrected chi connectivity index (χ4v) is 5.91. The molecule has 5 rings (SSSR count). The summed E-state index contributed by atoms with van der Waals surface area (Å²) in [6, 6.07) is 25.8. The maximum absolute atomic E-state index is 11.2. The molecular formula is C30H30N2OS. The van der Waals surface area contributed by atoms with Crippen LogP contribution in [0.15, 0.2) is 89.3 Å². The van der Waals surface area contributed by atoms with Crippen LogP contribution in [0.2, 0.25) is 0 Å². The number of carbonyl (C=O) groups excluding carboxylic acids is 1. The monoisotopic (exact) mass is 466 g/mol.